The first-order chi connectivity index (χ1) is 16.2. The largest absolute Gasteiger partial charge is 0.342 e. The molecule has 10 nitrogen and oxygen atoms in total. The van der Waals surface area contributed by atoms with E-state index in [1.165, 1.54) is 54.2 Å². The van der Waals surface area contributed by atoms with Crippen LogP contribution in [-0.2, 0) is 11.8 Å². The van der Waals surface area contributed by atoms with Crippen molar-refractivity contribution < 1.29 is 18.9 Å². The zero-order chi connectivity index (χ0) is 24.8. The Kier molecular flexibility index (Phi) is 7.95. The number of hydrogen-bond acceptors (Lipinski definition) is 7. The molecule has 3 aromatic rings. The summed E-state index contributed by atoms with van der Waals surface area (Å²) in [5.41, 5.74) is 0.306. The number of amides is 2. The molecule has 0 bridgehead atoms. The minimum Gasteiger partial charge on any atom is -0.342 e. The van der Waals surface area contributed by atoms with Gasteiger partial charge in [0.05, 0.1) is 21.8 Å². The Labute approximate surface area is 199 Å². The van der Waals surface area contributed by atoms with Crippen LogP contribution in [0, 0.1) is 15.9 Å². The van der Waals surface area contributed by atoms with Crippen molar-refractivity contribution in [2.45, 2.75) is 36.7 Å². The summed E-state index contributed by atoms with van der Waals surface area (Å²) in [6, 6.07) is 10.7. The van der Waals surface area contributed by atoms with Crippen molar-refractivity contribution in [2.24, 2.45) is 7.05 Å². The molecule has 2 amide bonds. The summed E-state index contributed by atoms with van der Waals surface area (Å²) >= 11 is 1.20. The van der Waals surface area contributed by atoms with E-state index in [1.807, 2.05) is 6.92 Å². The number of halogens is 1. The van der Waals surface area contributed by atoms with Crippen LogP contribution in [0.25, 0.3) is 0 Å². The van der Waals surface area contributed by atoms with Gasteiger partial charge in [0, 0.05) is 24.9 Å². The van der Waals surface area contributed by atoms with E-state index in [0.717, 1.165) is 0 Å². The zero-order valence-electron chi connectivity index (χ0n) is 18.7. The fourth-order valence-corrected chi connectivity index (χ4v) is 4.06. The average molecular weight is 487 g/mol. The summed E-state index contributed by atoms with van der Waals surface area (Å²) in [4.78, 5) is 35.4. The highest BCUT2D eigenvalue weighted by molar-refractivity contribution is 8.00. The van der Waals surface area contributed by atoms with E-state index in [-0.39, 0.29) is 17.2 Å². The second kappa shape index (κ2) is 10.9. The molecule has 0 unspecified atom stereocenters. The standard InChI is InChI=1S/C22H23FN6O4S/c1-4-18(21(31)25-14-9-11-15(12-10-14)29(32)33)34-22-27-26-19(28(22)3)13(2)24-20(30)16-7-5-6-8-17(16)23/h5-13,18H,4H2,1-3H3,(H,24,30)(H,25,31)/t13-,18-/m0/s1. The molecule has 0 aliphatic rings. The number of nitro groups is 1. The van der Waals surface area contributed by atoms with E-state index in [4.69, 9.17) is 0 Å². The summed E-state index contributed by atoms with van der Waals surface area (Å²) in [6.07, 6.45) is 0.491. The Morgan fingerprint density at radius 2 is 1.85 bits per heavy atom. The number of aromatic nitrogens is 3. The topological polar surface area (TPSA) is 132 Å². The van der Waals surface area contributed by atoms with Gasteiger partial charge in [0.2, 0.25) is 5.91 Å². The van der Waals surface area contributed by atoms with Gasteiger partial charge in [-0.25, -0.2) is 4.39 Å². The van der Waals surface area contributed by atoms with Crippen LogP contribution < -0.4 is 10.6 Å². The lowest BCUT2D eigenvalue weighted by atomic mass is 10.2. The van der Waals surface area contributed by atoms with Gasteiger partial charge in [-0.2, -0.15) is 0 Å². The summed E-state index contributed by atoms with van der Waals surface area (Å²) in [6.45, 7) is 3.55. The van der Waals surface area contributed by atoms with Crippen LogP contribution in [0.3, 0.4) is 0 Å². The van der Waals surface area contributed by atoms with Crippen LogP contribution in [0.1, 0.15) is 42.5 Å². The van der Waals surface area contributed by atoms with Crippen molar-refractivity contribution in [1.82, 2.24) is 20.1 Å². The molecule has 1 aromatic heterocycles. The third-order valence-electron chi connectivity index (χ3n) is 4.98. The second-order valence-electron chi connectivity index (χ2n) is 7.38. The number of anilines is 1. The summed E-state index contributed by atoms with van der Waals surface area (Å²) in [5.74, 6) is -1.03. The molecular formula is C22H23FN6O4S. The number of hydrogen-bond donors (Lipinski definition) is 2. The van der Waals surface area contributed by atoms with Crippen molar-refractivity contribution in [3.63, 3.8) is 0 Å². The molecular weight excluding hydrogens is 463 g/mol. The molecule has 0 saturated heterocycles. The summed E-state index contributed by atoms with van der Waals surface area (Å²) in [5, 5.41) is 24.5. The maximum absolute atomic E-state index is 13.9. The molecule has 0 saturated carbocycles. The van der Waals surface area contributed by atoms with Crippen molar-refractivity contribution in [3.05, 3.63) is 75.9 Å². The fraction of sp³-hybridized carbons (Fsp3) is 0.273. The van der Waals surface area contributed by atoms with Gasteiger partial charge in [-0.3, -0.25) is 19.7 Å². The van der Waals surface area contributed by atoms with Crippen molar-refractivity contribution >= 4 is 35.0 Å². The Balaban J connectivity index is 1.66. The minimum atomic E-state index is -0.619. The van der Waals surface area contributed by atoms with Gasteiger partial charge >= 0.3 is 0 Å². The number of carbonyl (C=O) groups is 2. The molecule has 34 heavy (non-hydrogen) atoms. The van der Waals surface area contributed by atoms with E-state index in [1.54, 1.807) is 24.6 Å². The number of thioether (sulfide) groups is 1. The molecule has 3 rings (SSSR count). The number of nitro benzene ring substituents is 1. The lowest BCUT2D eigenvalue weighted by Crippen LogP contribution is -2.29. The molecule has 1 heterocycles. The van der Waals surface area contributed by atoms with Crippen LogP contribution in [0.5, 0.6) is 0 Å². The molecule has 12 heteroatoms. The van der Waals surface area contributed by atoms with Crippen molar-refractivity contribution in [2.75, 3.05) is 5.32 Å². The molecule has 0 fully saturated rings. The predicted molar refractivity (Wildman–Crippen MR) is 125 cm³/mol. The van der Waals surface area contributed by atoms with E-state index in [2.05, 4.69) is 20.8 Å². The first-order valence-electron chi connectivity index (χ1n) is 10.4. The maximum atomic E-state index is 13.9. The number of benzene rings is 2. The van der Waals surface area contributed by atoms with Gasteiger partial charge in [-0.05, 0) is 37.6 Å². The van der Waals surface area contributed by atoms with Crippen LogP contribution in [-0.4, -0.2) is 36.8 Å². The molecule has 0 radical (unpaired) electrons. The van der Waals surface area contributed by atoms with Crippen LogP contribution in [0.2, 0.25) is 0 Å². The van der Waals surface area contributed by atoms with Crippen molar-refractivity contribution in [3.8, 4) is 0 Å². The molecule has 0 aliphatic heterocycles. The summed E-state index contributed by atoms with van der Waals surface area (Å²) in [7, 11) is 1.71. The SMILES string of the molecule is CC[C@H](Sc1nnc([C@H](C)NC(=O)c2ccccc2F)n1C)C(=O)Nc1ccc([N+](=O)[O-])cc1. The van der Waals surface area contributed by atoms with Gasteiger partial charge in [-0.1, -0.05) is 30.8 Å². The van der Waals surface area contributed by atoms with E-state index < -0.39 is 27.9 Å². The summed E-state index contributed by atoms with van der Waals surface area (Å²) < 4.78 is 15.5. The lowest BCUT2D eigenvalue weighted by molar-refractivity contribution is -0.384. The zero-order valence-corrected chi connectivity index (χ0v) is 19.5. The normalized spacial score (nSPS) is 12.6. The van der Waals surface area contributed by atoms with E-state index in [9.17, 15) is 24.1 Å². The number of nitrogens with zero attached hydrogens (tertiary/aromatic N) is 4. The highest BCUT2D eigenvalue weighted by Crippen LogP contribution is 2.27. The molecule has 178 valence electrons. The fourth-order valence-electron chi connectivity index (χ4n) is 3.13. The smallest absolute Gasteiger partial charge is 0.269 e. The third kappa shape index (κ3) is 5.76. The Morgan fingerprint density at radius 3 is 2.47 bits per heavy atom. The van der Waals surface area contributed by atoms with Gasteiger partial charge in [0.1, 0.15) is 5.82 Å². The predicted octanol–water partition coefficient (Wildman–Crippen LogP) is 3.86. The first kappa shape index (κ1) is 24.8. The van der Waals surface area contributed by atoms with Crippen LogP contribution in [0.15, 0.2) is 53.7 Å². The average Bonchev–Trinajstić information content (AvgIpc) is 3.17. The van der Waals surface area contributed by atoms with E-state index >= 15 is 0 Å². The van der Waals surface area contributed by atoms with Gasteiger partial charge in [0.25, 0.3) is 11.6 Å². The Morgan fingerprint density at radius 1 is 1.18 bits per heavy atom. The number of carbonyl (C=O) groups excluding carboxylic acids is 2. The third-order valence-corrected chi connectivity index (χ3v) is 6.38. The van der Waals surface area contributed by atoms with E-state index in [0.29, 0.717) is 23.1 Å². The van der Waals surface area contributed by atoms with Crippen molar-refractivity contribution in [1.29, 1.82) is 0 Å². The number of non-ortho nitro benzene ring substituents is 1. The quantitative estimate of drug-likeness (QED) is 0.267. The lowest BCUT2D eigenvalue weighted by Gasteiger charge is -2.16. The first-order valence-corrected chi connectivity index (χ1v) is 11.3. The van der Waals surface area contributed by atoms with Crippen LogP contribution in [0.4, 0.5) is 15.8 Å². The maximum Gasteiger partial charge on any atom is 0.269 e. The molecule has 2 atom stereocenters. The van der Waals surface area contributed by atoms with Gasteiger partial charge < -0.3 is 15.2 Å². The van der Waals surface area contributed by atoms with Gasteiger partial charge in [0.15, 0.2) is 11.0 Å². The number of nitrogens with one attached hydrogen (secondary N) is 2. The number of rotatable bonds is 9. The minimum absolute atomic E-state index is 0.0674. The second-order valence-corrected chi connectivity index (χ2v) is 8.55. The Hall–Kier alpha value is -3.80. The molecule has 0 aliphatic carbocycles. The monoisotopic (exact) mass is 486 g/mol. The van der Waals surface area contributed by atoms with Gasteiger partial charge in [-0.15, -0.1) is 10.2 Å². The highest BCUT2D eigenvalue weighted by Gasteiger charge is 2.24. The molecule has 0 spiro atoms. The Bertz CT molecular complexity index is 1200. The molecule has 2 N–H and O–H groups in total. The van der Waals surface area contributed by atoms with Crippen LogP contribution >= 0.6 is 11.8 Å². The molecule has 2 aromatic carbocycles. The highest BCUT2D eigenvalue weighted by atomic mass is 32.2.